The highest BCUT2D eigenvalue weighted by Gasteiger charge is 2.23. The van der Waals surface area contributed by atoms with E-state index in [2.05, 4.69) is 5.32 Å². The molecule has 1 rings (SSSR count). The summed E-state index contributed by atoms with van der Waals surface area (Å²) in [6.45, 7) is 3.03. The van der Waals surface area contributed by atoms with Gasteiger partial charge in [-0.1, -0.05) is 0 Å². The van der Waals surface area contributed by atoms with Crippen LogP contribution in [0.4, 0.5) is 0 Å². The van der Waals surface area contributed by atoms with E-state index in [1.807, 2.05) is 0 Å². The van der Waals surface area contributed by atoms with Crippen molar-refractivity contribution in [2.75, 3.05) is 0 Å². The molecule has 1 amide bonds. The summed E-state index contributed by atoms with van der Waals surface area (Å²) < 4.78 is 4.76. The molecule has 1 atom stereocenters. The summed E-state index contributed by atoms with van der Waals surface area (Å²) in [7, 11) is 0. The summed E-state index contributed by atoms with van der Waals surface area (Å²) in [6.07, 6.45) is 2.21. The lowest BCUT2D eigenvalue weighted by Crippen LogP contribution is -2.47. The van der Waals surface area contributed by atoms with Crippen LogP contribution < -0.4 is 5.32 Å². The van der Waals surface area contributed by atoms with Crippen LogP contribution in [0.1, 0.15) is 20.3 Å². The molecule has 0 radical (unpaired) electrons. The molecule has 0 saturated carbocycles. The maximum Gasteiger partial charge on any atom is 0.307 e. The molecule has 4 nitrogen and oxygen atoms in total. The minimum Gasteiger partial charge on any atom is -0.432 e. The summed E-state index contributed by atoms with van der Waals surface area (Å²) in [5.74, 6) is 0.230. The number of carbonyl (C=O) groups excluding carboxylic acids is 2. The first-order valence-corrected chi connectivity index (χ1v) is 3.74. The molecule has 1 N–H and O–H groups in total. The molecule has 0 aromatic rings. The average molecular weight is 169 g/mol. The number of hydrogen-bond acceptors (Lipinski definition) is 3. The van der Waals surface area contributed by atoms with Crippen molar-refractivity contribution in [2.24, 2.45) is 0 Å². The fourth-order valence-corrected chi connectivity index (χ4v) is 1.03. The van der Waals surface area contributed by atoms with Gasteiger partial charge in [0.15, 0.2) is 0 Å². The summed E-state index contributed by atoms with van der Waals surface area (Å²) in [4.78, 5) is 20.9. The fourth-order valence-electron chi connectivity index (χ4n) is 1.03. The van der Waals surface area contributed by atoms with Gasteiger partial charge in [-0.05, 0) is 13.0 Å². The van der Waals surface area contributed by atoms with Crippen molar-refractivity contribution in [1.29, 1.82) is 0 Å². The van der Waals surface area contributed by atoms with Gasteiger partial charge in [0.05, 0.1) is 12.5 Å². The van der Waals surface area contributed by atoms with Gasteiger partial charge in [-0.3, -0.25) is 9.59 Å². The first-order chi connectivity index (χ1) is 5.58. The molecule has 0 spiro atoms. The lowest BCUT2D eigenvalue weighted by molar-refractivity contribution is -0.136. The van der Waals surface area contributed by atoms with Crippen LogP contribution in [-0.2, 0) is 14.3 Å². The molecule has 66 valence electrons. The van der Waals surface area contributed by atoms with E-state index in [0.717, 1.165) is 0 Å². The van der Waals surface area contributed by atoms with Gasteiger partial charge in [-0.15, -0.1) is 0 Å². The van der Waals surface area contributed by atoms with Crippen LogP contribution in [0.3, 0.4) is 0 Å². The Labute approximate surface area is 70.6 Å². The fraction of sp³-hybridized carbons (Fsp3) is 0.500. The first-order valence-electron chi connectivity index (χ1n) is 3.74. The quantitative estimate of drug-likeness (QED) is 0.368. The van der Waals surface area contributed by atoms with E-state index in [1.54, 1.807) is 13.0 Å². The molecule has 1 unspecified atom stereocenters. The minimum atomic E-state index is -0.339. The Balaban J connectivity index is 2.35. The largest absolute Gasteiger partial charge is 0.432 e. The molecule has 12 heavy (non-hydrogen) atoms. The van der Waals surface area contributed by atoms with E-state index < -0.39 is 0 Å². The number of ether oxygens (including phenoxy) is 1. The maximum atomic E-state index is 10.5. The Morgan fingerprint density at radius 1 is 1.67 bits per heavy atom. The predicted octanol–water partition coefficient (Wildman–Crippen LogP) is 0.342. The summed E-state index contributed by atoms with van der Waals surface area (Å²) >= 11 is 0. The number of nitrogens with one attached hydrogen (secondary N) is 1. The number of carbonyl (C=O) groups is 2. The van der Waals surface area contributed by atoms with Crippen molar-refractivity contribution in [3.63, 3.8) is 0 Å². The number of allylic oxidation sites excluding steroid dienone is 1. The summed E-state index contributed by atoms with van der Waals surface area (Å²) in [6, 6.07) is 0.0387. The minimum absolute atomic E-state index is 0.0341. The molecule has 1 fully saturated rings. The SMILES string of the molecule is CC(=O)OC(C)=CC1CC(=O)N1. The van der Waals surface area contributed by atoms with E-state index in [4.69, 9.17) is 4.74 Å². The van der Waals surface area contributed by atoms with Crippen LogP contribution >= 0.6 is 0 Å². The molecule has 0 aromatic heterocycles. The summed E-state index contributed by atoms with van der Waals surface area (Å²) in [5, 5.41) is 2.64. The van der Waals surface area contributed by atoms with Gasteiger partial charge in [-0.25, -0.2) is 0 Å². The zero-order valence-electron chi connectivity index (χ0n) is 7.09. The van der Waals surface area contributed by atoms with Gasteiger partial charge in [0.2, 0.25) is 5.91 Å². The van der Waals surface area contributed by atoms with Crippen molar-refractivity contribution >= 4 is 11.9 Å². The third kappa shape index (κ3) is 2.38. The van der Waals surface area contributed by atoms with Crippen molar-refractivity contribution in [2.45, 2.75) is 26.3 Å². The molecule has 0 aliphatic carbocycles. The monoisotopic (exact) mass is 169 g/mol. The second-order valence-electron chi connectivity index (χ2n) is 2.75. The van der Waals surface area contributed by atoms with Gasteiger partial charge in [0.25, 0.3) is 0 Å². The van der Waals surface area contributed by atoms with Gasteiger partial charge in [0.1, 0.15) is 5.76 Å². The highest BCUT2D eigenvalue weighted by molar-refractivity contribution is 5.83. The standard InChI is InChI=1S/C8H11NO3/c1-5(12-6(2)10)3-7-4-8(11)9-7/h3,7H,4H2,1-2H3,(H,9,11). The van der Waals surface area contributed by atoms with Crippen molar-refractivity contribution in [1.82, 2.24) is 5.32 Å². The molecule has 4 heteroatoms. The van der Waals surface area contributed by atoms with Crippen molar-refractivity contribution in [3.8, 4) is 0 Å². The molecule has 0 aromatic carbocycles. The number of hydrogen-bond donors (Lipinski definition) is 1. The van der Waals surface area contributed by atoms with Gasteiger partial charge < -0.3 is 10.1 Å². The lowest BCUT2D eigenvalue weighted by atomic mass is 10.1. The van der Waals surface area contributed by atoms with Gasteiger partial charge in [0, 0.05) is 6.92 Å². The second-order valence-corrected chi connectivity index (χ2v) is 2.75. The van der Waals surface area contributed by atoms with Crippen molar-refractivity contribution < 1.29 is 14.3 Å². The van der Waals surface area contributed by atoms with Crippen LogP contribution in [0.2, 0.25) is 0 Å². The number of rotatable bonds is 2. The topological polar surface area (TPSA) is 55.4 Å². The third-order valence-corrected chi connectivity index (χ3v) is 1.49. The zero-order valence-corrected chi connectivity index (χ0v) is 7.09. The molecular formula is C8H11NO3. The molecule has 1 aliphatic heterocycles. The van der Waals surface area contributed by atoms with E-state index in [9.17, 15) is 9.59 Å². The Hall–Kier alpha value is -1.32. The summed E-state index contributed by atoms with van der Waals surface area (Å²) in [5.41, 5.74) is 0. The highest BCUT2D eigenvalue weighted by Crippen LogP contribution is 2.08. The third-order valence-electron chi connectivity index (χ3n) is 1.49. The van der Waals surface area contributed by atoms with Gasteiger partial charge >= 0.3 is 5.97 Å². The smallest absolute Gasteiger partial charge is 0.307 e. The van der Waals surface area contributed by atoms with E-state index >= 15 is 0 Å². The highest BCUT2D eigenvalue weighted by atomic mass is 16.5. The van der Waals surface area contributed by atoms with E-state index in [-0.39, 0.29) is 17.9 Å². The zero-order chi connectivity index (χ0) is 9.14. The molecule has 1 heterocycles. The van der Waals surface area contributed by atoms with Crippen LogP contribution in [-0.4, -0.2) is 17.9 Å². The maximum absolute atomic E-state index is 10.5. The molecule has 1 saturated heterocycles. The second kappa shape index (κ2) is 3.38. The van der Waals surface area contributed by atoms with Crippen LogP contribution in [0.5, 0.6) is 0 Å². The molecule has 0 bridgehead atoms. The lowest BCUT2D eigenvalue weighted by Gasteiger charge is -2.23. The average Bonchev–Trinajstić information content (AvgIpc) is 1.82. The molecule has 1 aliphatic rings. The molecular weight excluding hydrogens is 158 g/mol. The number of β-lactam (4-membered cyclic amide) rings is 1. The first kappa shape index (κ1) is 8.77. The van der Waals surface area contributed by atoms with E-state index in [0.29, 0.717) is 12.2 Å². The van der Waals surface area contributed by atoms with Crippen molar-refractivity contribution in [3.05, 3.63) is 11.8 Å². The number of esters is 1. The normalized spacial score (nSPS) is 22.7. The Bertz CT molecular complexity index is 237. The Morgan fingerprint density at radius 2 is 2.25 bits per heavy atom. The van der Waals surface area contributed by atoms with E-state index in [1.165, 1.54) is 6.92 Å². The Kier molecular flexibility index (Phi) is 2.47. The Morgan fingerprint density at radius 3 is 2.67 bits per heavy atom. The van der Waals surface area contributed by atoms with Crippen LogP contribution in [0.25, 0.3) is 0 Å². The number of amides is 1. The van der Waals surface area contributed by atoms with Crippen LogP contribution in [0, 0.1) is 0 Å². The predicted molar refractivity (Wildman–Crippen MR) is 42.1 cm³/mol. The van der Waals surface area contributed by atoms with Gasteiger partial charge in [-0.2, -0.15) is 0 Å². The van der Waals surface area contributed by atoms with Crippen LogP contribution in [0.15, 0.2) is 11.8 Å².